The Morgan fingerprint density at radius 1 is 1.24 bits per heavy atom. The fourth-order valence-corrected chi connectivity index (χ4v) is 4.70. The molecule has 0 unspecified atom stereocenters. The molecule has 2 N–H and O–H groups in total. The topological polar surface area (TPSA) is 107 Å². The van der Waals surface area contributed by atoms with E-state index in [-0.39, 0.29) is 35.8 Å². The minimum absolute atomic E-state index is 0.000621. The van der Waals surface area contributed by atoms with Crippen LogP contribution in [0.5, 0.6) is 0 Å². The van der Waals surface area contributed by atoms with E-state index in [1.54, 1.807) is 14.5 Å². The number of hydrogen-bond donors (Lipinski definition) is 1. The second kappa shape index (κ2) is 9.02. The molecule has 0 radical (unpaired) electrons. The molecule has 3 aromatic rings. The maximum atomic E-state index is 14.1. The summed E-state index contributed by atoms with van der Waals surface area (Å²) in [7, 11) is 1.84. The number of fused-ring (bicyclic) bond motifs is 1. The van der Waals surface area contributed by atoms with E-state index in [1.807, 2.05) is 31.3 Å². The number of likely N-dealkylation sites (N-methyl/N-ethyl adjacent to an activating group) is 1. The van der Waals surface area contributed by atoms with Gasteiger partial charge >= 0.3 is 0 Å². The Morgan fingerprint density at radius 3 is 2.74 bits per heavy atom. The number of pyridine rings is 1. The van der Waals surface area contributed by atoms with Gasteiger partial charge in [-0.05, 0) is 25.0 Å². The monoisotopic (exact) mass is 466 g/mol. The van der Waals surface area contributed by atoms with E-state index >= 15 is 0 Å². The molecule has 9 nitrogen and oxygen atoms in total. The van der Waals surface area contributed by atoms with Gasteiger partial charge in [0.15, 0.2) is 5.82 Å². The van der Waals surface area contributed by atoms with E-state index in [0.717, 1.165) is 35.6 Å². The molecule has 0 saturated carbocycles. The molecule has 0 aliphatic carbocycles. The molecule has 2 aliphatic heterocycles. The number of hydrogen-bond acceptors (Lipinski definition) is 6. The molecule has 2 amide bonds. The highest BCUT2D eigenvalue weighted by Gasteiger charge is 2.36. The van der Waals surface area contributed by atoms with Crippen molar-refractivity contribution in [2.24, 2.45) is 0 Å². The van der Waals surface area contributed by atoms with E-state index < -0.39 is 11.7 Å². The van der Waals surface area contributed by atoms with Gasteiger partial charge in [-0.15, -0.1) is 0 Å². The first-order valence-corrected chi connectivity index (χ1v) is 11.4. The molecule has 2 aliphatic rings. The Bertz CT molecular complexity index is 1230. The molecular formula is C24H27FN6O3. The number of para-hydroxylation sites is 1. The largest absolute Gasteiger partial charge is 0.384 e. The fraction of sp³-hybridized carbons (Fsp3) is 0.417. The molecule has 2 saturated heterocycles. The summed E-state index contributed by atoms with van der Waals surface area (Å²) >= 11 is 0. The molecule has 0 bridgehead atoms. The number of anilines is 1. The van der Waals surface area contributed by atoms with Gasteiger partial charge in [0.1, 0.15) is 12.4 Å². The van der Waals surface area contributed by atoms with Crippen LogP contribution in [0.15, 0.2) is 36.5 Å². The molecule has 2 aromatic heterocycles. The Kier molecular flexibility index (Phi) is 5.91. The number of carbonyl (C=O) groups is 2. The van der Waals surface area contributed by atoms with Crippen LogP contribution in [0.1, 0.15) is 34.8 Å². The van der Waals surface area contributed by atoms with Gasteiger partial charge in [0, 0.05) is 50.7 Å². The number of amides is 2. The van der Waals surface area contributed by atoms with Crippen molar-refractivity contribution < 1.29 is 18.7 Å². The van der Waals surface area contributed by atoms with E-state index in [2.05, 4.69) is 4.98 Å². The normalized spacial score (nSPS) is 17.1. The van der Waals surface area contributed by atoms with E-state index in [9.17, 15) is 14.0 Å². The lowest BCUT2D eigenvalue weighted by atomic mass is 9.93. The molecule has 0 atom stereocenters. The number of nitrogen functional groups attached to an aromatic ring is 1. The van der Waals surface area contributed by atoms with Crippen molar-refractivity contribution in [2.45, 2.75) is 31.3 Å². The number of nitrogens with two attached hydrogens (primary N) is 1. The quantitative estimate of drug-likeness (QED) is 0.617. The van der Waals surface area contributed by atoms with Crippen LogP contribution < -0.4 is 5.73 Å². The molecule has 4 heterocycles. The Labute approximate surface area is 196 Å². The summed E-state index contributed by atoms with van der Waals surface area (Å²) in [6, 6.07) is 9.22. The summed E-state index contributed by atoms with van der Waals surface area (Å²) in [6.45, 7) is 2.31. The molecule has 34 heavy (non-hydrogen) atoms. The summed E-state index contributed by atoms with van der Waals surface area (Å²) in [5.41, 5.74) is 7.26. The second-order valence-corrected chi connectivity index (χ2v) is 8.90. The lowest BCUT2D eigenvalue weighted by molar-refractivity contribution is -0.134. The smallest absolute Gasteiger partial charge is 0.257 e. The van der Waals surface area contributed by atoms with Crippen LogP contribution >= 0.6 is 0 Å². The molecule has 178 valence electrons. The number of likely N-dealkylation sites (tertiary alicyclic amines) is 1. The van der Waals surface area contributed by atoms with Crippen molar-refractivity contribution in [3.8, 4) is 0 Å². The number of benzene rings is 1. The number of aromatic nitrogens is 3. The van der Waals surface area contributed by atoms with Crippen LogP contribution in [-0.2, 0) is 16.1 Å². The highest BCUT2D eigenvalue weighted by atomic mass is 19.1. The van der Waals surface area contributed by atoms with Gasteiger partial charge in [-0.3, -0.25) is 14.3 Å². The minimum atomic E-state index is -0.690. The van der Waals surface area contributed by atoms with Crippen molar-refractivity contribution in [3.05, 3.63) is 53.6 Å². The average Bonchev–Trinajstić information content (AvgIpc) is 3.17. The zero-order valence-electron chi connectivity index (χ0n) is 19.0. The van der Waals surface area contributed by atoms with Crippen LogP contribution in [0.4, 0.5) is 10.2 Å². The summed E-state index contributed by atoms with van der Waals surface area (Å²) in [5, 5.41) is 5.74. The van der Waals surface area contributed by atoms with Gasteiger partial charge in [-0.2, -0.15) is 5.10 Å². The number of rotatable bonds is 5. The molecular weight excluding hydrogens is 439 g/mol. The van der Waals surface area contributed by atoms with Crippen LogP contribution in [0.2, 0.25) is 0 Å². The number of carbonyl (C=O) groups excluding carboxylic acids is 2. The van der Waals surface area contributed by atoms with Crippen molar-refractivity contribution in [1.29, 1.82) is 0 Å². The summed E-state index contributed by atoms with van der Waals surface area (Å²) < 4.78 is 21.2. The van der Waals surface area contributed by atoms with Crippen LogP contribution in [0.25, 0.3) is 10.9 Å². The van der Waals surface area contributed by atoms with Crippen LogP contribution in [-0.4, -0.2) is 75.8 Å². The zero-order chi connectivity index (χ0) is 23.8. The maximum absolute atomic E-state index is 14.1. The predicted molar refractivity (Wildman–Crippen MR) is 124 cm³/mol. The molecule has 2 fully saturated rings. The SMILES string of the molecule is CN(C(=O)Cn1nc(C2CN(C(=O)c3cc(N)ncc3F)C2)c2ccccc21)C1CCOCC1. The number of nitrogens with zero attached hydrogens (tertiary/aromatic N) is 5. The predicted octanol–water partition coefficient (Wildman–Crippen LogP) is 2.03. The van der Waals surface area contributed by atoms with Gasteiger partial charge in [0.25, 0.3) is 5.91 Å². The van der Waals surface area contributed by atoms with Gasteiger partial charge in [0.05, 0.1) is 23.0 Å². The summed E-state index contributed by atoms with van der Waals surface area (Å²) in [5.74, 6) is -1.00. The third kappa shape index (κ3) is 4.09. The first-order valence-electron chi connectivity index (χ1n) is 11.4. The lowest BCUT2D eigenvalue weighted by Crippen LogP contribution is -2.49. The van der Waals surface area contributed by atoms with E-state index in [0.29, 0.717) is 26.3 Å². The van der Waals surface area contributed by atoms with E-state index in [4.69, 9.17) is 15.6 Å². The number of ether oxygens (including phenoxy) is 1. The fourth-order valence-electron chi connectivity index (χ4n) is 4.70. The zero-order valence-corrected chi connectivity index (χ0v) is 19.0. The van der Waals surface area contributed by atoms with Gasteiger partial charge in [-0.1, -0.05) is 18.2 Å². The van der Waals surface area contributed by atoms with Gasteiger partial charge in [-0.25, -0.2) is 9.37 Å². The molecule has 10 heteroatoms. The van der Waals surface area contributed by atoms with Crippen LogP contribution in [0.3, 0.4) is 0 Å². The van der Waals surface area contributed by atoms with E-state index in [1.165, 1.54) is 6.07 Å². The van der Waals surface area contributed by atoms with Crippen molar-refractivity contribution >= 4 is 28.5 Å². The van der Waals surface area contributed by atoms with Crippen LogP contribution in [0, 0.1) is 5.82 Å². The Morgan fingerprint density at radius 2 is 1.97 bits per heavy atom. The first kappa shape index (κ1) is 22.3. The standard InChI is InChI=1S/C24H27FN6O3/c1-29(16-6-8-34-9-7-16)22(32)14-31-20-5-3-2-4-17(20)23(28-31)15-12-30(13-15)24(33)18-10-21(26)27-11-19(18)25/h2-5,10-11,15-16H,6-9,12-14H2,1H3,(H2,26,27). The Balaban J connectivity index is 1.32. The minimum Gasteiger partial charge on any atom is -0.384 e. The summed E-state index contributed by atoms with van der Waals surface area (Å²) in [4.78, 5) is 32.8. The lowest BCUT2D eigenvalue weighted by Gasteiger charge is -2.38. The molecule has 1 aromatic carbocycles. The molecule has 5 rings (SSSR count). The second-order valence-electron chi connectivity index (χ2n) is 8.90. The highest BCUT2D eigenvalue weighted by Crippen LogP contribution is 2.33. The Hall–Kier alpha value is -3.53. The highest BCUT2D eigenvalue weighted by molar-refractivity contribution is 5.96. The van der Waals surface area contributed by atoms with Gasteiger partial charge in [0.2, 0.25) is 5.91 Å². The first-order chi connectivity index (χ1) is 16.4. The molecule has 0 spiro atoms. The third-order valence-electron chi connectivity index (χ3n) is 6.77. The maximum Gasteiger partial charge on any atom is 0.257 e. The van der Waals surface area contributed by atoms with Crippen molar-refractivity contribution in [3.63, 3.8) is 0 Å². The number of halogens is 1. The van der Waals surface area contributed by atoms with Gasteiger partial charge < -0.3 is 20.3 Å². The summed E-state index contributed by atoms with van der Waals surface area (Å²) in [6.07, 6.45) is 2.63. The average molecular weight is 467 g/mol. The third-order valence-corrected chi connectivity index (χ3v) is 6.77. The van der Waals surface area contributed by atoms with Crippen molar-refractivity contribution in [1.82, 2.24) is 24.6 Å². The van der Waals surface area contributed by atoms with Crippen molar-refractivity contribution in [2.75, 3.05) is 39.1 Å².